The predicted molar refractivity (Wildman–Crippen MR) is 76.8 cm³/mol. The number of nitrogens with zero attached hydrogens (tertiary/aromatic N) is 1. The summed E-state index contributed by atoms with van der Waals surface area (Å²) in [6.07, 6.45) is 0. The van der Waals surface area contributed by atoms with Gasteiger partial charge in [-0.05, 0) is 53.8 Å². The largest absolute Gasteiger partial charge is 0.390 e. The fourth-order valence-corrected chi connectivity index (χ4v) is 4.32. The molecule has 1 aromatic carbocycles. The molecule has 96 valence electrons. The van der Waals surface area contributed by atoms with Gasteiger partial charge in [0.15, 0.2) is 0 Å². The highest BCUT2D eigenvalue weighted by atomic mass is 127. The Morgan fingerprint density at radius 2 is 1.78 bits per heavy atom. The second-order valence-electron chi connectivity index (χ2n) is 3.89. The first kappa shape index (κ1) is 13.6. The summed E-state index contributed by atoms with van der Waals surface area (Å²) in [5.41, 5.74) is 1.36. The van der Waals surface area contributed by atoms with E-state index in [1.807, 2.05) is 29.5 Å². The first-order valence-corrected chi connectivity index (χ1v) is 7.78. The van der Waals surface area contributed by atoms with Crippen molar-refractivity contribution < 1.29 is 13.5 Å². The van der Waals surface area contributed by atoms with Gasteiger partial charge in [-0.2, -0.15) is 0 Å². The van der Waals surface area contributed by atoms with Gasteiger partial charge in [0, 0.05) is 0 Å². The average Bonchev–Trinajstić information content (AvgIpc) is 2.71. The maximum atomic E-state index is 12.5. The number of aryl methyl sites for hydroxylation is 1. The normalized spacial score (nSPS) is 11.7. The smallest absolute Gasteiger partial charge is 0.268 e. The number of benzene rings is 1. The Kier molecular flexibility index (Phi) is 3.79. The second-order valence-corrected chi connectivity index (χ2v) is 6.78. The molecule has 0 atom stereocenters. The fourth-order valence-electron chi connectivity index (χ4n) is 1.64. The van der Waals surface area contributed by atoms with Crippen molar-refractivity contribution in [2.45, 2.75) is 18.4 Å². The SMILES string of the molecule is Cc1ccc(S(=O)(=O)n2c(I)ccc2CO)cc1. The molecule has 0 spiro atoms. The van der Waals surface area contributed by atoms with Gasteiger partial charge < -0.3 is 5.11 Å². The van der Waals surface area contributed by atoms with Crippen molar-refractivity contribution in [1.29, 1.82) is 0 Å². The Balaban J connectivity index is 2.61. The summed E-state index contributed by atoms with van der Waals surface area (Å²) in [6.45, 7) is 1.59. The van der Waals surface area contributed by atoms with E-state index in [9.17, 15) is 13.5 Å². The quantitative estimate of drug-likeness (QED) is 0.834. The molecule has 1 aromatic heterocycles. The highest BCUT2D eigenvalue weighted by Crippen LogP contribution is 2.21. The third-order valence-corrected chi connectivity index (χ3v) is 5.54. The second kappa shape index (κ2) is 5.02. The summed E-state index contributed by atoms with van der Waals surface area (Å²) in [5.74, 6) is 0. The molecule has 0 radical (unpaired) electrons. The standard InChI is InChI=1S/C12H12INO3S/c1-9-2-5-11(6-3-9)18(16,17)14-10(8-15)4-7-12(14)13/h2-7,15H,8H2,1H3. The van der Waals surface area contributed by atoms with Crippen LogP contribution >= 0.6 is 22.6 Å². The van der Waals surface area contributed by atoms with Gasteiger partial charge in [-0.1, -0.05) is 17.7 Å². The van der Waals surface area contributed by atoms with Crippen LogP contribution in [0.1, 0.15) is 11.3 Å². The molecule has 0 saturated heterocycles. The Morgan fingerprint density at radius 1 is 1.17 bits per heavy atom. The highest BCUT2D eigenvalue weighted by Gasteiger charge is 2.21. The van der Waals surface area contributed by atoms with Gasteiger partial charge in [0.25, 0.3) is 10.0 Å². The van der Waals surface area contributed by atoms with Crippen LogP contribution in [0, 0.1) is 10.6 Å². The van der Waals surface area contributed by atoms with E-state index in [1.165, 1.54) is 0 Å². The average molecular weight is 377 g/mol. The van der Waals surface area contributed by atoms with E-state index in [0.29, 0.717) is 9.39 Å². The highest BCUT2D eigenvalue weighted by molar-refractivity contribution is 14.1. The van der Waals surface area contributed by atoms with Crippen LogP contribution in [0.15, 0.2) is 41.3 Å². The van der Waals surface area contributed by atoms with E-state index in [-0.39, 0.29) is 11.5 Å². The number of hydrogen-bond donors (Lipinski definition) is 1. The van der Waals surface area contributed by atoms with E-state index in [1.54, 1.807) is 36.4 Å². The molecule has 0 saturated carbocycles. The topological polar surface area (TPSA) is 59.3 Å². The molecule has 0 aliphatic carbocycles. The van der Waals surface area contributed by atoms with Crippen LogP contribution in [0.2, 0.25) is 0 Å². The Morgan fingerprint density at radius 3 is 2.33 bits per heavy atom. The van der Waals surface area contributed by atoms with Crippen LogP contribution < -0.4 is 0 Å². The first-order valence-electron chi connectivity index (χ1n) is 5.26. The Hall–Kier alpha value is -0.860. The summed E-state index contributed by atoms with van der Waals surface area (Å²) in [7, 11) is -3.64. The van der Waals surface area contributed by atoms with Gasteiger partial charge in [-0.15, -0.1) is 0 Å². The Labute approximate surface area is 119 Å². The molecule has 6 heteroatoms. The summed E-state index contributed by atoms with van der Waals surface area (Å²) < 4.78 is 26.6. The van der Waals surface area contributed by atoms with Crippen LogP contribution in [0.25, 0.3) is 0 Å². The molecule has 2 aromatic rings. The number of aliphatic hydroxyl groups excluding tert-OH is 1. The molecule has 4 nitrogen and oxygen atoms in total. The van der Waals surface area contributed by atoms with E-state index in [4.69, 9.17) is 0 Å². The first-order chi connectivity index (χ1) is 8.46. The van der Waals surface area contributed by atoms with Gasteiger partial charge in [-0.3, -0.25) is 0 Å². The minimum Gasteiger partial charge on any atom is -0.390 e. The molecule has 1 N–H and O–H groups in total. The lowest BCUT2D eigenvalue weighted by atomic mass is 10.2. The molecule has 0 fully saturated rings. The van der Waals surface area contributed by atoms with Crippen molar-refractivity contribution in [1.82, 2.24) is 3.97 Å². The lowest BCUT2D eigenvalue weighted by Crippen LogP contribution is -2.17. The maximum Gasteiger partial charge on any atom is 0.268 e. The van der Waals surface area contributed by atoms with Crippen LogP contribution in [-0.4, -0.2) is 17.5 Å². The molecule has 1 heterocycles. The van der Waals surface area contributed by atoms with Gasteiger partial charge in [0.1, 0.15) is 0 Å². The Bertz CT molecular complexity index is 659. The lowest BCUT2D eigenvalue weighted by Gasteiger charge is -2.10. The van der Waals surface area contributed by atoms with Crippen LogP contribution in [-0.2, 0) is 16.6 Å². The van der Waals surface area contributed by atoms with Gasteiger partial charge in [0.05, 0.1) is 20.9 Å². The number of halogens is 1. The lowest BCUT2D eigenvalue weighted by molar-refractivity contribution is 0.275. The van der Waals surface area contributed by atoms with Gasteiger partial charge in [0.2, 0.25) is 0 Å². The number of rotatable bonds is 3. The molecule has 2 rings (SSSR count). The van der Waals surface area contributed by atoms with Crippen molar-refractivity contribution in [3.8, 4) is 0 Å². The monoisotopic (exact) mass is 377 g/mol. The van der Waals surface area contributed by atoms with E-state index >= 15 is 0 Å². The third kappa shape index (κ3) is 2.32. The summed E-state index contributed by atoms with van der Waals surface area (Å²) in [4.78, 5) is 0.219. The summed E-state index contributed by atoms with van der Waals surface area (Å²) >= 11 is 1.94. The van der Waals surface area contributed by atoms with Gasteiger partial charge >= 0.3 is 0 Å². The molecule has 18 heavy (non-hydrogen) atoms. The molecule has 0 unspecified atom stereocenters. The number of hydrogen-bond acceptors (Lipinski definition) is 3. The van der Waals surface area contributed by atoms with Crippen molar-refractivity contribution in [2.75, 3.05) is 0 Å². The van der Waals surface area contributed by atoms with Crippen molar-refractivity contribution in [3.05, 3.63) is 51.4 Å². The maximum absolute atomic E-state index is 12.5. The molecular weight excluding hydrogens is 365 g/mol. The minimum absolute atomic E-state index is 0.219. The van der Waals surface area contributed by atoms with E-state index in [2.05, 4.69) is 0 Å². The van der Waals surface area contributed by atoms with Crippen LogP contribution in [0.4, 0.5) is 0 Å². The molecule has 0 bridgehead atoms. The zero-order valence-electron chi connectivity index (χ0n) is 9.67. The number of aromatic nitrogens is 1. The minimum atomic E-state index is -3.64. The summed E-state index contributed by atoms with van der Waals surface area (Å²) in [5, 5.41) is 9.20. The third-order valence-electron chi connectivity index (χ3n) is 2.59. The van der Waals surface area contributed by atoms with Crippen LogP contribution in [0.3, 0.4) is 0 Å². The molecular formula is C12H12INO3S. The zero-order chi connectivity index (χ0) is 13.3. The van der Waals surface area contributed by atoms with E-state index < -0.39 is 10.0 Å². The van der Waals surface area contributed by atoms with Crippen molar-refractivity contribution in [3.63, 3.8) is 0 Å². The number of aliphatic hydroxyl groups is 1. The van der Waals surface area contributed by atoms with Crippen molar-refractivity contribution >= 4 is 32.6 Å². The molecule has 0 aliphatic rings. The predicted octanol–water partition coefficient (Wildman–Crippen LogP) is 2.13. The van der Waals surface area contributed by atoms with Crippen molar-refractivity contribution in [2.24, 2.45) is 0 Å². The van der Waals surface area contributed by atoms with Gasteiger partial charge in [-0.25, -0.2) is 12.4 Å². The van der Waals surface area contributed by atoms with Crippen LogP contribution in [0.5, 0.6) is 0 Å². The molecule has 0 aliphatic heterocycles. The fraction of sp³-hybridized carbons (Fsp3) is 0.167. The zero-order valence-corrected chi connectivity index (χ0v) is 12.6. The summed E-state index contributed by atoms with van der Waals surface area (Å²) in [6, 6.07) is 9.92. The molecule has 0 amide bonds. The van der Waals surface area contributed by atoms with E-state index in [0.717, 1.165) is 9.54 Å².